The third-order valence-electron chi connectivity index (χ3n) is 6.29. The van der Waals surface area contributed by atoms with Gasteiger partial charge in [0.15, 0.2) is 5.82 Å². The number of aromatic amines is 1. The molecular formula is C25H25N7. The molecule has 4 aromatic heterocycles. The maximum atomic E-state index is 4.82. The van der Waals surface area contributed by atoms with Crippen molar-refractivity contribution in [2.45, 2.75) is 25.8 Å². The number of hydrogen-bond acceptors (Lipinski definition) is 5. The molecule has 1 aromatic carbocycles. The third-order valence-corrected chi connectivity index (χ3v) is 6.29. The van der Waals surface area contributed by atoms with Gasteiger partial charge in [0.2, 0.25) is 0 Å². The van der Waals surface area contributed by atoms with Crippen molar-refractivity contribution >= 4 is 22.1 Å². The zero-order valence-corrected chi connectivity index (χ0v) is 18.1. The van der Waals surface area contributed by atoms with Gasteiger partial charge in [-0.15, -0.1) is 0 Å². The molecular weight excluding hydrogens is 398 g/mol. The maximum absolute atomic E-state index is 4.82. The molecule has 1 N–H and O–H groups in total. The van der Waals surface area contributed by atoms with Crippen molar-refractivity contribution in [1.82, 2.24) is 34.6 Å². The van der Waals surface area contributed by atoms with Gasteiger partial charge in [0.25, 0.3) is 0 Å². The number of pyridine rings is 1. The zero-order chi connectivity index (χ0) is 21.5. The van der Waals surface area contributed by atoms with E-state index >= 15 is 0 Å². The smallest absolute Gasteiger partial charge is 0.163 e. The molecule has 0 spiro atoms. The predicted molar refractivity (Wildman–Crippen MR) is 126 cm³/mol. The Kier molecular flexibility index (Phi) is 4.69. The van der Waals surface area contributed by atoms with Crippen LogP contribution in [-0.4, -0.2) is 47.7 Å². The highest BCUT2D eigenvalue weighted by atomic mass is 15.2. The number of aromatic nitrogens is 6. The van der Waals surface area contributed by atoms with Crippen LogP contribution in [0.5, 0.6) is 0 Å². The molecule has 1 fully saturated rings. The number of H-pyrrole nitrogens is 1. The number of piperidine rings is 1. The molecule has 1 aliphatic rings. The number of likely N-dealkylation sites (tertiary alicyclic amines) is 1. The van der Waals surface area contributed by atoms with E-state index in [1.807, 2.05) is 25.6 Å². The van der Waals surface area contributed by atoms with E-state index in [9.17, 15) is 0 Å². The van der Waals surface area contributed by atoms with E-state index < -0.39 is 0 Å². The molecule has 32 heavy (non-hydrogen) atoms. The van der Waals surface area contributed by atoms with Gasteiger partial charge in [-0.2, -0.15) is 5.10 Å². The van der Waals surface area contributed by atoms with Gasteiger partial charge in [0.1, 0.15) is 11.2 Å². The SMILES string of the molecule is Cn1cc(-c2ncc3[nH]c4ncc(-c5ccc(CN6CCCCC6)cc5)cc4c3n2)cn1. The van der Waals surface area contributed by atoms with Crippen LogP contribution in [0.15, 0.2) is 55.1 Å². The van der Waals surface area contributed by atoms with Crippen LogP contribution in [-0.2, 0) is 13.6 Å². The monoisotopic (exact) mass is 423 g/mol. The van der Waals surface area contributed by atoms with Crippen LogP contribution < -0.4 is 0 Å². The summed E-state index contributed by atoms with van der Waals surface area (Å²) in [6, 6.07) is 11.1. The fraction of sp³-hybridized carbons (Fsp3) is 0.280. The Morgan fingerprint density at radius 2 is 1.75 bits per heavy atom. The quantitative estimate of drug-likeness (QED) is 0.459. The average Bonchev–Trinajstić information content (AvgIpc) is 3.43. The number of nitrogens with one attached hydrogen (secondary N) is 1. The van der Waals surface area contributed by atoms with Gasteiger partial charge in [0, 0.05) is 36.9 Å². The van der Waals surface area contributed by atoms with Gasteiger partial charge in [-0.1, -0.05) is 30.7 Å². The van der Waals surface area contributed by atoms with Gasteiger partial charge in [-0.25, -0.2) is 15.0 Å². The summed E-state index contributed by atoms with van der Waals surface area (Å²) in [6.45, 7) is 3.46. The Labute approximate surface area is 186 Å². The van der Waals surface area contributed by atoms with E-state index in [0.29, 0.717) is 5.82 Å². The molecule has 6 rings (SSSR count). The minimum atomic E-state index is 0.666. The van der Waals surface area contributed by atoms with E-state index in [1.54, 1.807) is 10.9 Å². The highest BCUT2D eigenvalue weighted by Crippen LogP contribution is 2.29. The Morgan fingerprint density at radius 1 is 0.906 bits per heavy atom. The summed E-state index contributed by atoms with van der Waals surface area (Å²) in [5.74, 6) is 0.666. The lowest BCUT2D eigenvalue weighted by atomic mass is 10.0. The molecule has 0 unspecified atom stereocenters. The van der Waals surface area contributed by atoms with Crippen molar-refractivity contribution in [2.75, 3.05) is 13.1 Å². The lowest BCUT2D eigenvalue weighted by Crippen LogP contribution is -2.28. The minimum Gasteiger partial charge on any atom is -0.337 e. The van der Waals surface area contributed by atoms with Gasteiger partial charge in [-0.05, 0) is 43.1 Å². The number of benzene rings is 1. The Bertz CT molecular complexity index is 1390. The predicted octanol–water partition coefficient (Wildman–Crippen LogP) is 4.56. The van der Waals surface area contributed by atoms with Crippen molar-refractivity contribution in [1.29, 1.82) is 0 Å². The average molecular weight is 424 g/mol. The second kappa shape index (κ2) is 7.84. The van der Waals surface area contributed by atoms with E-state index in [1.165, 1.54) is 37.9 Å². The zero-order valence-electron chi connectivity index (χ0n) is 18.1. The van der Waals surface area contributed by atoms with E-state index in [2.05, 4.69) is 55.3 Å². The Morgan fingerprint density at radius 3 is 2.53 bits per heavy atom. The van der Waals surface area contributed by atoms with Crippen molar-refractivity contribution in [3.8, 4) is 22.5 Å². The van der Waals surface area contributed by atoms with E-state index in [0.717, 1.165) is 45.3 Å². The number of hydrogen-bond donors (Lipinski definition) is 1. The largest absolute Gasteiger partial charge is 0.337 e. The second-order valence-corrected chi connectivity index (χ2v) is 8.64. The first-order valence-corrected chi connectivity index (χ1v) is 11.2. The minimum absolute atomic E-state index is 0.666. The summed E-state index contributed by atoms with van der Waals surface area (Å²) in [7, 11) is 1.89. The molecule has 7 heteroatoms. The third kappa shape index (κ3) is 3.54. The highest BCUT2D eigenvalue weighted by molar-refractivity contribution is 6.04. The molecule has 0 radical (unpaired) electrons. The first kappa shape index (κ1) is 19.1. The first-order chi connectivity index (χ1) is 15.7. The van der Waals surface area contributed by atoms with Gasteiger partial charge < -0.3 is 4.98 Å². The molecule has 0 aliphatic carbocycles. The highest BCUT2D eigenvalue weighted by Gasteiger charge is 2.13. The van der Waals surface area contributed by atoms with Crippen molar-refractivity contribution in [3.63, 3.8) is 0 Å². The van der Waals surface area contributed by atoms with Crippen LogP contribution in [0.4, 0.5) is 0 Å². The van der Waals surface area contributed by atoms with Gasteiger partial charge in [-0.3, -0.25) is 9.58 Å². The topological polar surface area (TPSA) is 75.5 Å². The van der Waals surface area contributed by atoms with Crippen LogP contribution in [0, 0.1) is 0 Å². The van der Waals surface area contributed by atoms with Crippen molar-refractivity contribution in [3.05, 3.63) is 60.7 Å². The molecule has 0 amide bonds. The molecule has 0 bridgehead atoms. The second-order valence-electron chi connectivity index (χ2n) is 8.64. The number of nitrogens with zero attached hydrogens (tertiary/aromatic N) is 6. The molecule has 1 saturated heterocycles. The summed E-state index contributed by atoms with van der Waals surface area (Å²) in [4.78, 5) is 19.9. The van der Waals surface area contributed by atoms with Crippen LogP contribution in [0.25, 0.3) is 44.6 Å². The lowest BCUT2D eigenvalue weighted by molar-refractivity contribution is 0.221. The van der Waals surface area contributed by atoms with Crippen LogP contribution >= 0.6 is 0 Å². The number of fused-ring (bicyclic) bond motifs is 3. The molecule has 0 saturated carbocycles. The lowest BCUT2D eigenvalue weighted by Gasteiger charge is -2.26. The fourth-order valence-corrected chi connectivity index (χ4v) is 4.56. The van der Waals surface area contributed by atoms with Crippen molar-refractivity contribution in [2.24, 2.45) is 7.05 Å². The maximum Gasteiger partial charge on any atom is 0.163 e. The summed E-state index contributed by atoms with van der Waals surface area (Å²) in [6.07, 6.45) is 11.5. The van der Waals surface area contributed by atoms with Gasteiger partial charge in [0.05, 0.1) is 23.5 Å². The summed E-state index contributed by atoms with van der Waals surface area (Å²) >= 11 is 0. The van der Waals surface area contributed by atoms with Crippen LogP contribution in [0.3, 0.4) is 0 Å². The normalized spacial score (nSPS) is 15.0. The van der Waals surface area contributed by atoms with E-state index in [4.69, 9.17) is 4.98 Å². The molecule has 160 valence electrons. The summed E-state index contributed by atoms with van der Waals surface area (Å²) in [5, 5.41) is 5.24. The van der Waals surface area contributed by atoms with Crippen molar-refractivity contribution < 1.29 is 0 Å². The van der Waals surface area contributed by atoms with Crippen LogP contribution in [0.1, 0.15) is 24.8 Å². The molecule has 5 aromatic rings. The standard InChI is InChI=1S/C25H25N7/c1-31-16-20(13-28-31)24-27-14-22-23(30-24)21-11-19(12-26-25(21)29-22)18-7-5-17(6-8-18)15-32-9-3-2-4-10-32/h5-8,11-14,16H,2-4,9-10,15H2,1H3,(H,26,29). The molecule has 0 atom stereocenters. The fourth-order valence-electron chi connectivity index (χ4n) is 4.56. The molecule has 5 heterocycles. The van der Waals surface area contributed by atoms with Crippen LogP contribution in [0.2, 0.25) is 0 Å². The summed E-state index contributed by atoms with van der Waals surface area (Å²) in [5.41, 5.74) is 7.10. The van der Waals surface area contributed by atoms with E-state index in [-0.39, 0.29) is 0 Å². The Balaban J connectivity index is 1.33. The molecule has 7 nitrogen and oxygen atoms in total. The Hall–Kier alpha value is -3.58. The first-order valence-electron chi connectivity index (χ1n) is 11.2. The number of aryl methyl sites for hydroxylation is 1. The summed E-state index contributed by atoms with van der Waals surface area (Å²) < 4.78 is 1.76. The molecule has 1 aliphatic heterocycles. The van der Waals surface area contributed by atoms with Gasteiger partial charge >= 0.3 is 0 Å². The number of rotatable bonds is 4.